The van der Waals surface area contributed by atoms with Crippen LogP contribution in [0, 0.1) is 11.8 Å². The largest absolute Gasteiger partial charge is 0.466 e. The van der Waals surface area contributed by atoms with Crippen molar-refractivity contribution in [2.24, 2.45) is 11.8 Å². The van der Waals surface area contributed by atoms with Crippen LogP contribution in [0.15, 0.2) is 0 Å². The first-order valence-electron chi connectivity index (χ1n) is 4.82. The summed E-state index contributed by atoms with van der Waals surface area (Å²) in [5, 5.41) is 0. The molecule has 0 aromatic heterocycles. The number of carbonyl (C=O) groups excluding carboxylic acids is 1. The lowest BCUT2D eigenvalue weighted by atomic mass is 9.83. The van der Waals surface area contributed by atoms with Gasteiger partial charge in [-0.2, -0.15) is 0 Å². The molecule has 0 aromatic rings. The van der Waals surface area contributed by atoms with Gasteiger partial charge in [0.05, 0.1) is 6.61 Å². The Morgan fingerprint density at radius 3 is 2.83 bits per heavy atom. The molecule has 1 rings (SSSR count). The zero-order valence-corrected chi connectivity index (χ0v) is 8.01. The Morgan fingerprint density at radius 1 is 1.50 bits per heavy atom. The summed E-state index contributed by atoms with van der Waals surface area (Å²) >= 11 is 0. The molecule has 2 nitrogen and oxygen atoms in total. The molecule has 2 heteroatoms. The van der Waals surface area contributed by atoms with Crippen molar-refractivity contribution in [1.82, 2.24) is 0 Å². The third kappa shape index (κ3) is 3.24. The van der Waals surface area contributed by atoms with Crippen molar-refractivity contribution < 1.29 is 9.53 Å². The predicted octanol–water partition coefficient (Wildman–Crippen LogP) is 2.38. The van der Waals surface area contributed by atoms with E-state index in [2.05, 4.69) is 6.92 Å². The third-order valence-corrected chi connectivity index (χ3v) is 2.57. The molecule has 2 unspecified atom stereocenters. The van der Waals surface area contributed by atoms with E-state index in [4.69, 9.17) is 4.74 Å². The van der Waals surface area contributed by atoms with Crippen molar-refractivity contribution in [2.75, 3.05) is 6.61 Å². The lowest BCUT2D eigenvalue weighted by Gasteiger charge is -2.25. The van der Waals surface area contributed by atoms with E-state index in [9.17, 15) is 4.79 Å². The minimum Gasteiger partial charge on any atom is -0.466 e. The van der Waals surface area contributed by atoms with Crippen LogP contribution in [0.4, 0.5) is 0 Å². The Labute approximate surface area is 74.3 Å². The van der Waals surface area contributed by atoms with Crippen molar-refractivity contribution in [3.63, 3.8) is 0 Å². The van der Waals surface area contributed by atoms with Gasteiger partial charge in [-0.3, -0.25) is 4.79 Å². The van der Waals surface area contributed by atoms with E-state index in [0.29, 0.717) is 12.5 Å². The smallest absolute Gasteiger partial charge is 0.302 e. The Balaban J connectivity index is 2.18. The summed E-state index contributed by atoms with van der Waals surface area (Å²) in [6.07, 6.45) is 5.11. The quantitative estimate of drug-likeness (QED) is 0.595. The Kier molecular flexibility index (Phi) is 3.57. The van der Waals surface area contributed by atoms with Crippen molar-refractivity contribution in [2.45, 2.75) is 39.5 Å². The van der Waals surface area contributed by atoms with Crippen LogP contribution in [-0.4, -0.2) is 12.6 Å². The van der Waals surface area contributed by atoms with Gasteiger partial charge in [0.2, 0.25) is 0 Å². The van der Waals surface area contributed by atoms with Crippen LogP contribution in [0.2, 0.25) is 0 Å². The first-order chi connectivity index (χ1) is 5.68. The molecule has 0 heterocycles. The first kappa shape index (κ1) is 9.56. The van der Waals surface area contributed by atoms with Crippen LogP contribution in [0.5, 0.6) is 0 Å². The molecule has 0 saturated heterocycles. The Bertz CT molecular complexity index is 154. The Hall–Kier alpha value is -0.530. The SMILES string of the molecule is CC(=O)OCC1CCCC(C)C1. The molecule has 0 radical (unpaired) electrons. The highest BCUT2D eigenvalue weighted by Gasteiger charge is 2.19. The highest BCUT2D eigenvalue weighted by Crippen LogP contribution is 2.28. The number of esters is 1. The first-order valence-corrected chi connectivity index (χ1v) is 4.82. The van der Waals surface area contributed by atoms with Gasteiger partial charge in [-0.25, -0.2) is 0 Å². The average molecular weight is 170 g/mol. The number of carbonyl (C=O) groups is 1. The summed E-state index contributed by atoms with van der Waals surface area (Å²) in [5.74, 6) is 1.30. The van der Waals surface area contributed by atoms with Crippen LogP contribution in [0.3, 0.4) is 0 Å². The minimum absolute atomic E-state index is 0.145. The van der Waals surface area contributed by atoms with Gasteiger partial charge in [0.1, 0.15) is 0 Å². The molecule has 1 aliphatic rings. The van der Waals surface area contributed by atoms with Gasteiger partial charge in [0.25, 0.3) is 0 Å². The summed E-state index contributed by atoms with van der Waals surface area (Å²) < 4.78 is 4.99. The van der Waals surface area contributed by atoms with E-state index in [1.807, 2.05) is 0 Å². The fraction of sp³-hybridized carbons (Fsp3) is 0.900. The second kappa shape index (κ2) is 4.48. The van der Waals surface area contributed by atoms with Crippen LogP contribution in [-0.2, 0) is 9.53 Å². The van der Waals surface area contributed by atoms with Crippen molar-refractivity contribution in [1.29, 1.82) is 0 Å². The van der Waals surface area contributed by atoms with E-state index in [1.165, 1.54) is 32.6 Å². The summed E-state index contributed by atoms with van der Waals surface area (Å²) in [4.78, 5) is 10.5. The normalized spacial score (nSPS) is 29.8. The molecule has 1 fully saturated rings. The summed E-state index contributed by atoms with van der Waals surface area (Å²) in [5.41, 5.74) is 0. The third-order valence-electron chi connectivity index (χ3n) is 2.57. The van der Waals surface area contributed by atoms with E-state index in [-0.39, 0.29) is 5.97 Å². The van der Waals surface area contributed by atoms with Gasteiger partial charge in [0, 0.05) is 6.92 Å². The Morgan fingerprint density at radius 2 is 2.25 bits per heavy atom. The van der Waals surface area contributed by atoms with E-state index in [0.717, 1.165) is 5.92 Å². The zero-order valence-electron chi connectivity index (χ0n) is 8.01. The molecular formula is C10H18O2. The summed E-state index contributed by atoms with van der Waals surface area (Å²) in [6, 6.07) is 0. The molecule has 2 atom stereocenters. The number of ether oxygens (including phenoxy) is 1. The fourth-order valence-corrected chi connectivity index (χ4v) is 1.95. The van der Waals surface area contributed by atoms with Gasteiger partial charge in [-0.15, -0.1) is 0 Å². The van der Waals surface area contributed by atoms with Crippen LogP contribution in [0.25, 0.3) is 0 Å². The summed E-state index contributed by atoms with van der Waals surface area (Å²) in [7, 11) is 0. The highest BCUT2D eigenvalue weighted by atomic mass is 16.5. The molecule has 1 aliphatic carbocycles. The maximum Gasteiger partial charge on any atom is 0.302 e. The molecule has 70 valence electrons. The topological polar surface area (TPSA) is 26.3 Å². The second-order valence-electron chi connectivity index (χ2n) is 3.94. The average Bonchev–Trinajstić information content (AvgIpc) is 2.01. The van der Waals surface area contributed by atoms with E-state index in [1.54, 1.807) is 0 Å². The van der Waals surface area contributed by atoms with Crippen LogP contribution in [0.1, 0.15) is 39.5 Å². The molecule has 0 N–H and O–H groups in total. The molecule has 1 saturated carbocycles. The molecule has 12 heavy (non-hydrogen) atoms. The van der Waals surface area contributed by atoms with Crippen LogP contribution >= 0.6 is 0 Å². The van der Waals surface area contributed by atoms with Crippen molar-refractivity contribution in [3.05, 3.63) is 0 Å². The molecule has 0 amide bonds. The van der Waals surface area contributed by atoms with Gasteiger partial charge in [-0.1, -0.05) is 19.8 Å². The molecule has 0 spiro atoms. The molecule has 0 aromatic carbocycles. The standard InChI is InChI=1S/C10H18O2/c1-8-4-3-5-10(6-8)7-12-9(2)11/h8,10H,3-7H2,1-2H3. The van der Waals surface area contributed by atoms with Crippen molar-refractivity contribution >= 4 is 5.97 Å². The minimum atomic E-state index is -0.145. The number of rotatable bonds is 2. The van der Waals surface area contributed by atoms with E-state index < -0.39 is 0 Å². The van der Waals surface area contributed by atoms with Crippen LogP contribution < -0.4 is 0 Å². The molecule has 0 bridgehead atoms. The van der Waals surface area contributed by atoms with E-state index >= 15 is 0 Å². The maximum absolute atomic E-state index is 10.5. The second-order valence-corrected chi connectivity index (χ2v) is 3.94. The zero-order chi connectivity index (χ0) is 8.97. The number of hydrogen-bond donors (Lipinski definition) is 0. The molecular weight excluding hydrogens is 152 g/mol. The lowest BCUT2D eigenvalue weighted by Crippen LogP contribution is -2.19. The molecule has 0 aliphatic heterocycles. The van der Waals surface area contributed by atoms with Gasteiger partial charge < -0.3 is 4.74 Å². The van der Waals surface area contributed by atoms with Gasteiger partial charge >= 0.3 is 5.97 Å². The highest BCUT2D eigenvalue weighted by molar-refractivity contribution is 5.65. The fourth-order valence-electron chi connectivity index (χ4n) is 1.95. The lowest BCUT2D eigenvalue weighted by molar-refractivity contribution is -0.142. The predicted molar refractivity (Wildman–Crippen MR) is 47.8 cm³/mol. The summed E-state index contributed by atoms with van der Waals surface area (Å²) in [6.45, 7) is 4.39. The van der Waals surface area contributed by atoms with Gasteiger partial charge in [-0.05, 0) is 24.7 Å². The number of hydrogen-bond acceptors (Lipinski definition) is 2. The van der Waals surface area contributed by atoms with Crippen molar-refractivity contribution in [3.8, 4) is 0 Å². The monoisotopic (exact) mass is 170 g/mol. The van der Waals surface area contributed by atoms with Gasteiger partial charge in [0.15, 0.2) is 0 Å². The maximum atomic E-state index is 10.5.